The van der Waals surface area contributed by atoms with E-state index in [2.05, 4.69) is 15.3 Å². The van der Waals surface area contributed by atoms with Crippen molar-refractivity contribution in [2.45, 2.75) is 33.2 Å². The van der Waals surface area contributed by atoms with Crippen molar-refractivity contribution in [3.8, 4) is 0 Å². The molecule has 2 aromatic heterocycles. The molecule has 3 rings (SSSR count). The molecule has 0 bridgehead atoms. The van der Waals surface area contributed by atoms with Crippen LogP contribution in [-0.4, -0.2) is 27.0 Å². The summed E-state index contributed by atoms with van der Waals surface area (Å²) in [6.45, 7) is 4.75. The second-order valence-electron chi connectivity index (χ2n) is 5.92. The van der Waals surface area contributed by atoms with Gasteiger partial charge < -0.3 is 5.32 Å². The number of para-hydroxylation sites is 1. The molecule has 130 valence electrons. The van der Waals surface area contributed by atoms with Crippen molar-refractivity contribution in [3.63, 3.8) is 0 Å². The predicted molar refractivity (Wildman–Crippen MR) is 98.9 cm³/mol. The highest BCUT2D eigenvalue weighted by molar-refractivity contribution is 7.09. The van der Waals surface area contributed by atoms with Crippen molar-refractivity contribution in [3.05, 3.63) is 56.5 Å². The number of benzene rings is 1. The molecule has 0 fully saturated rings. The number of amides is 1. The van der Waals surface area contributed by atoms with Gasteiger partial charge in [0.05, 0.1) is 27.9 Å². The Morgan fingerprint density at radius 1 is 1.32 bits per heavy atom. The van der Waals surface area contributed by atoms with E-state index < -0.39 is 0 Å². The van der Waals surface area contributed by atoms with E-state index in [9.17, 15) is 9.59 Å². The van der Waals surface area contributed by atoms with Crippen LogP contribution < -0.4 is 10.9 Å². The van der Waals surface area contributed by atoms with Crippen molar-refractivity contribution in [1.29, 1.82) is 0 Å². The van der Waals surface area contributed by atoms with Crippen LogP contribution >= 0.6 is 11.3 Å². The molecule has 2 heterocycles. The number of hydrogen-bond acceptors (Lipinski definition) is 5. The molecule has 0 spiro atoms. The molecule has 25 heavy (non-hydrogen) atoms. The van der Waals surface area contributed by atoms with Gasteiger partial charge in [0.25, 0.3) is 5.56 Å². The summed E-state index contributed by atoms with van der Waals surface area (Å²) >= 11 is 1.61. The lowest BCUT2D eigenvalue weighted by atomic mass is 10.1. The van der Waals surface area contributed by atoms with Crippen LogP contribution in [0, 0.1) is 13.8 Å². The fourth-order valence-electron chi connectivity index (χ4n) is 2.66. The van der Waals surface area contributed by atoms with E-state index in [0.717, 1.165) is 16.3 Å². The van der Waals surface area contributed by atoms with Crippen molar-refractivity contribution < 1.29 is 4.79 Å². The SMILES string of the molecule is Cc1nc(CCNC(=O)CCn2cnc3c(C)cccc3c2=O)cs1. The van der Waals surface area contributed by atoms with Gasteiger partial charge in [-0.3, -0.25) is 14.2 Å². The maximum absolute atomic E-state index is 12.5. The molecule has 0 radical (unpaired) electrons. The van der Waals surface area contributed by atoms with Crippen molar-refractivity contribution in [1.82, 2.24) is 19.9 Å². The highest BCUT2D eigenvalue weighted by atomic mass is 32.1. The number of fused-ring (bicyclic) bond motifs is 1. The molecule has 1 amide bonds. The Bertz CT molecular complexity index is 961. The molecule has 0 aliphatic rings. The lowest BCUT2D eigenvalue weighted by molar-refractivity contribution is -0.121. The van der Waals surface area contributed by atoms with Crippen LogP contribution in [0.3, 0.4) is 0 Å². The first-order valence-corrected chi connectivity index (χ1v) is 9.05. The van der Waals surface area contributed by atoms with Gasteiger partial charge in [-0.2, -0.15) is 0 Å². The standard InChI is InChI=1S/C18H20N4O2S/c1-12-4-3-5-15-17(12)20-11-22(18(15)24)9-7-16(23)19-8-6-14-10-25-13(2)21-14/h3-5,10-11H,6-9H2,1-2H3,(H,19,23). The van der Waals surface area contributed by atoms with Gasteiger partial charge in [0.2, 0.25) is 5.91 Å². The topological polar surface area (TPSA) is 76.9 Å². The third-order valence-corrected chi connectivity index (χ3v) is 4.83. The average Bonchev–Trinajstić information content (AvgIpc) is 3.00. The van der Waals surface area contributed by atoms with Crippen LogP contribution in [0.4, 0.5) is 0 Å². The second-order valence-corrected chi connectivity index (χ2v) is 6.98. The smallest absolute Gasteiger partial charge is 0.261 e. The van der Waals surface area contributed by atoms with Gasteiger partial charge >= 0.3 is 0 Å². The van der Waals surface area contributed by atoms with E-state index in [1.807, 2.05) is 31.4 Å². The van der Waals surface area contributed by atoms with Crippen molar-refractivity contribution in [2.24, 2.45) is 0 Å². The summed E-state index contributed by atoms with van der Waals surface area (Å²) in [6, 6.07) is 5.54. The zero-order valence-electron chi connectivity index (χ0n) is 14.3. The first-order chi connectivity index (χ1) is 12.0. The lowest BCUT2D eigenvalue weighted by Crippen LogP contribution is -2.29. The molecule has 0 aliphatic heterocycles. The predicted octanol–water partition coefficient (Wildman–Crippen LogP) is 2.22. The van der Waals surface area contributed by atoms with E-state index in [1.165, 1.54) is 10.9 Å². The maximum atomic E-state index is 12.5. The third-order valence-electron chi connectivity index (χ3n) is 4.00. The zero-order valence-corrected chi connectivity index (χ0v) is 15.1. The Morgan fingerprint density at radius 2 is 2.16 bits per heavy atom. The van der Waals surface area contributed by atoms with Gasteiger partial charge in [-0.05, 0) is 25.5 Å². The van der Waals surface area contributed by atoms with Crippen LogP contribution in [0.15, 0.2) is 34.7 Å². The van der Waals surface area contributed by atoms with Crippen LogP contribution in [0.1, 0.15) is 22.7 Å². The molecule has 0 atom stereocenters. The molecule has 1 N–H and O–H groups in total. The molecule has 0 aliphatic carbocycles. The number of nitrogens with one attached hydrogen (secondary N) is 1. The molecule has 6 nitrogen and oxygen atoms in total. The Morgan fingerprint density at radius 3 is 2.92 bits per heavy atom. The second kappa shape index (κ2) is 7.57. The molecule has 1 aromatic carbocycles. The van der Waals surface area contributed by atoms with Gasteiger partial charge in [0, 0.05) is 31.3 Å². The number of aryl methyl sites for hydroxylation is 3. The van der Waals surface area contributed by atoms with E-state index in [1.54, 1.807) is 17.4 Å². The number of nitrogens with zero attached hydrogens (tertiary/aromatic N) is 3. The van der Waals surface area contributed by atoms with Crippen molar-refractivity contribution >= 4 is 28.1 Å². The normalized spacial score (nSPS) is 11.0. The highest BCUT2D eigenvalue weighted by Crippen LogP contribution is 2.11. The largest absolute Gasteiger partial charge is 0.356 e. The number of hydrogen-bond donors (Lipinski definition) is 1. The highest BCUT2D eigenvalue weighted by Gasteiger charge is 2.08. The summed E-state index contributed by atoms with van der Waals surface area (Å²) in [4.78, 5) is 33.2. The molecule has 0 saturated carbocycles. The van der Waals surface area contributed by atoms with Gasteiger partial charge in [-0.1, -0.05) is 12.1 Å². The third kappa shape index (κ3) is 4.11. The van der Waals surface area contributed by atoms with E-state index in [4.69, 9.17) is 0 Å². The number of rotatable bonds is 6. The fraction of sp³-hybridized carbons (Fsp3) is 0.333. The lowest BCUT2D eigenvalue weighted by Gasteiger charge is -2.08. The van der Waals surface area contributed by atoms with Crippen molar-refractivity contribution in [2.75, 3.05) is 6.54 Å². The molecule has 7 heteroatoms. The molecule has 0 saturated heterocycles. The minimum atomic E-state index is -0.112. The van der Waals surface area contributed by atoms with Crippen LogP contribution in [0.2, 0.25) is 0 Å². The summed E-state index contributed by atoms with van der Waals surface area (Å²) in [5.41, 5.74) is 2.57. The number of carbonyl (C=O) groups excluding carboxylic acids is 1. The fourth-order valence-corrected chi connectivity index (χ4v) is 3.31. The zero-order chi connectivity index (χ0) is 17.8. The summed E-state index contributed by atoms with van der Waals surface area (Å²) in [5.74, 6) is -0.0804. The Hall–Kier alpha value is -2.54. The Kier molecular flexibility index (Phi) is 5.23. The number of thiazole rings is 1. The van der Waals surface area contributed by atoms with Gasteiger partial charge in [-0.25, -0.2) is 9.97 Å². The summed E-state index contributed by atoms with van der Waals surface area (Å²) in [7, 11) is 0. The molecule has 3 aromatic rings. The van der Waals surface area contributed by atoms with Crippen LogP contribution in [-0.2, 0) is 17.8 Å². The minimum absolute atomic E-state index is 0.0804. The average molecular weight is 356 g/mol. The Balaban J connectivity index is 1.56. The number of carbonyl (C=O) groups is 1. The van der Waals surface area contributed by atoms with E-state index in [0.29, 0.717) is 30.4 Å². The summed E-state index contributed by atoms with van der Waals surface area (Å²) < 4.78 is 1.49. The molecule has 0 unspecified atom stereocenters. The Labute approximate surface area is 149 Å². The summed E-state index contributed by atoms with van der Waals surface area (Å²) in [6.07, 6.45) is 2.48. The first kappa shape index (κ1) is 17.3. The first-order valence-electron chi connectivity index (χ1n) is 8.17. The van der Waals surface area contributed by atoms with Gasteiger partial charge in [-0.15, -0.1) is 11.3 Å². The van der Waals surface area contributed by atoms with Crippen LogP contribution in [0.5, 0.6) is 0 Å². The van der Waals surface area contributed by atoms with Crippen LogP contribution in [0.25, 0.3) is 10.9 Å². The minimum Gasteiger partial charge on any atom is -0.356 e. The molecular weight excluding hydrogens is 336 g/mol. The van der Waals surface area contributed by atoms with E-state index in [-0.39, 0.29) is 17.9 Å². The quantitative estimate of drug-likeness (QED) is 0.735. The van der Waals surface area contributed by atoms with E-state index >= 15 is 0 Å². The van der Waals surface area contributed by atoms with Gasteiger partial charge in [0.1, 0.15) is 0 Å². The maximum Gasteiger partial charge on any atom is 0.261 e. The summed E-state index contributed by atoms with van der Waals surface area (Å²) in [5, 5.41) is 6.48. The van der Waals surface area contributed by atoms with Gasteiger partial charge in [0.15, 0.2) is 0 Å². The molecular formula is C18H20N4O2S. The monoisotopic (exact) mass is 356 g/mol. The number of aromatic nitrogens is 3.